The van der Waals surface area contributed by atoms with Gasteiger partial charge < -0.3 is 4.90 Å². The van der Waals surface area contributed by atoms with Gasteiger partial charge in [0, 0.05) is 27.1 Å². The molecule has 1 aliphatic rings. The van der Waals surface area contributed by atoms with Crippen LogP contribution in [0.15, 0.2) is 18.2 Å². The summed E-state index contributed by atoms with van der Waals surface area (Å²) in [5, 5.41) is 1.46. The molecular weight excluding hydrogens is 452 g/mol. The minimum Gasteiger partial charge on any atom is -0.335 e. The summed E-state index contributed by atoms with van der Waals surface area (Å²) in [6.45, 7) is 0.757. The van der Waals surface area contributed by atoms with Crippen LogP contribution in [0.1, 0.15) is 42.5 Å². The Hall–Kier alpha value is 0.190. The first-order valence-electron chi connectivity index (χ1n) is 6.95. The zero-order valence-electron chi connectivity index (χ0n) is 11.2. The van der Waals surface area contributed by atoms with E-state index in [1.165, 1.54) is 19.3 Å². The van der Waals surface area contributed by atoms with Crippen molar-refractivity contribution in [2.45, 2.75) is 38.1 Å². The Balaban J connectivity index is 2.18. The number of halogens is 3. The van der Waals surface area contributed by atoms with Gasteiger partial charge in [-0.05, 0) is 53.6 Å². The van der Waals surface area contributed by atoms with Crippen molar-refractivity contribution in [1.82, 2.24) is 4.90 Å². The van der Waals surface area contributed by atoms with Crippen LogP contribution >= 0.6 is 50.1 Å². The maximum absolute atomic E-state index is 12.7. The topological polar surface area (TPSA) is 20.3 Å². The van der Waals surface area contributed by atoms with E-state index >= 15 is 0 Å². The Bertz CT molecular complexity index is 477. The maximum Gasteiger partial charge on any atom is 0.254 e. The van der Waals surface area contributed by atoms with Gasteiger partial charge in [-0.15, -0.1) is 0 Å². The molecule has 1 saturated carbocycles. The van der Waals surface area contributed by atoms with Gasteiger partial charge in [0.2, 0.25) is 0 Å². The third kappa shape index (κ3) is 4.10. The van der Waals surface area contributed by atoms with Crippen LogP contribution in [-0.4, -0.2) is 28.7 Å². The molecule has 0 saturated heterocycles. The number of amides is 1. The molecule has 0 N–H and O–H groups in total. The highest BCUT2D eigenvalue weighted by Gasteiger charge is 2.25. The van der Waals surface area contributed by atoms with Gasteiger partial charge in [0.1, 0.15) is 0 Å². The van der Waals surface area contributed by atoms with Crippen LogP contribution in [0.2, 0.25) is 5.02 Å². The molecule has 0 radical (unpaired) electrons. The van der Waals surface area contributed by atoms with Gasteiger partial charge in [0.25, 0.3) is 5.91 Å². The summed E-state index contributed by atoms with van der Waals surface area (Å²) in [4.78, 5) is 14.8. The fourth-order valence-electron chi connectivity index (χ4n) is 2.73. The number of hydrogen-bond donors (Lipinski definition) is 0. The van der Waals surface area contributed by atoms with Crippen molar-refractivity contribution < 1.29 is 4.79 Å². The molecule has 0 aliphatic heterocycles. The van der Waals surface area contributed by atoms with Crippen molar-refractivity contribution in [3.8, 4) is 0 Å². The lowest BCUT2D eigenvalue weighted by Crippen LogP contribution is -2.42. The predicted molar refractivity (Wildman–Crippen MR) is 95.9 cm³/mol. The van der Waals surface area contributed by atoms with E-state index < -0.39 is 0 Å². The number of nitrogens with zero attached hydrogens (tertiary/aromatic N) is 1. The third-order valence-corrected chi connectivity index (χ3v) is 5.70. The highest BCUT2D eigenvalue weighted by atomic mass is 127. The number of carbonyl (C=O) groups excluding carboxylic acids is 1. The molecule has 0 aromatic heterocycles. The summed E-state index contributed by atoms with van der Waals surface area (Å²) in [5.41, 5.74) is 0.696. The van der Waals surface area contributed by atoms with Gasteiger partial charge in [0.15, 0.2) is 0 Å². The Morgan fingerprint density at radius 1 is 1.35 bits per heavy atom. The van der Waals surface area contributed by atoms with E-state index in [-0.39, 0.29) is 5.91 Å². The van der Waals surface area contributed by atoms with Crippen LogP contribution in [0.5, 0.6) is 0 Å². The number of alkyl halides is 1. The summed E-state index contributed by atoms with van der Waals surface area (Å²) in [6.07, 6.45) is 5.99. The predicted octanol–water partition coefficient (Wildman–Crippen LogP) is 5.11. The number of benzene rings is 1. The van der Waals surface area contributed by atoms with Crippen LogP contribution in [0.4, 0.5) is 0 Å². The van der Waals surface area contributed by atoms with Crippen LogP contribution in [-0.2, 0) is 0 Å². The number of carbonyl (C=O) groups is 1. The molecule has 0 heterocycles. The molecule has 1 aromatic rings. The number of rotatable bonds is 4. The smallest absolute Gasteiger partial charge is 0.254 e. The fraction of sp³-hybridized carbons (Fsp3) is 0.533. The van der Waals surface area contributed by atoms with Crippen LogP contribution in [0.3, 0.4) is 0 Å². The van der Waals surface area contributed by atoms with E-state index in [0.29, 0.717) is 16.6 Å². The van der Waals surface area contributed by atoms with Crippen molar-refractivity contribution >= 4 is 56.0 Å². The molecule has 5 heteroatoms. The van der Waals surface area contributed by atoms with Gasteiger partial charge in [-0.25, -0.2) is 0 Å². The lowest BCUT2D eigenvalue weighted by Gasteiger charge is -2.34. The lowest BCUT2D eigenvalue weighted by atomic mass is 9.93. The zero-order chi connectivity index (χ0) is 14.5. The molecule has 0 unspecified atom stereocenters. The third-order valence-electron chi connectivity index (χ3n) is 3.77. The lowest BCUT2D eigenvalue weighted by molar-refractivity contribution is 0.0651. The maximum atomic E-state index is 12.7. The van der Waals surface area contributed by atoms with Crippen LogP contribution in [0, 0.1) is 3.57 Å². The average molecular weight is 471 g/mol. The summed E-state index contributed by atoms with van der Waals surface area (Å²) in [6, 6.07) is 5.95. The highest BCUT2D eigenvalue weighted by molar-refractivity contribution is 14.1. The molecule has 110 valence electrons. The molecule has 1 aromatic carbocycles. The fourth-order valence-corrected chi connectivity index (χ4v) is 3.63. The molecule has 2 rings (SSSR count). The van der Waals surface area contributed by atoms with Gasteiger partial charge in [-0.3, -0.25) is 4.79 Å². The van der Waals surface area contributed by atoms with E-state index in [1.807, 2.05) is 17.0 Å². The summed E-state index contributed by atoms with van der Waals surface area (Å²) < 4.78 is 0.977. The van der Waals surface area contributed by atoms with Crippen molar-refractivity contribution in [2.75, 3.05) is 11.9 Å². The molecule has 2 nitrogen and oxygen atoms in total. The van der Waals surface area contributed by atoms with Crippen LogP contribution < -0.4 is 0 Å². The summed E-state index contributed by atoms with van der Waals surface area (Å²) in [5.74, 6) is 0.106. The second-order valence-electron chi connectivity index (χ2n) is 5.11. The first-order valence-corrected chi connectivity index (χ1v) is 9.53. The highest BCUT2D eigenvalue weighted by Crippen LogP contribution is 2.26. The largest absolute Gasteiger partial charge is 0.335 e. The normalized spacial score (nSPS) is 16.1. The number of hydrogen-bond acceptors (Lipinski definition) is 1. The van der Waals surface area contributed by atoms with E-state index in [4.69, 9.17) is 11.6 Å². The van der Waals surface area contributed by atoms with Crippen molar-refractivity contribution in [1.29, 1.82) is 0 Å². The molecule has 0 bridgehead atoms. The molecular formula is C15H18BrClINO. The summed E-state index contributed by atoms with van der Waals surface area (Å²) >= 11 is 11.8. The van der Waals surface area contributed by atoms with E-state index in [9.17, 15) is 4.79 Å². The van der Waals surface area contributed by atoms with E-state index in [0.717, 1.165) is 28.3 Å². The Kier molecular flexibility index (Phi) is 6.62. The monoisotopic (exact) mass is 469 g/mol. The Labute approximate surface area is 147 Å². The molecule has 1 amide bonds. The van der Waals surface area contributed by atoms with E-state index in [2.05, 4.69) is 38.5 Å². The van der Waals surface area contributed by atoms with Crippen LogP contribution in [0.25, 0.3) is 0 Å². The molecule has 0 atom stereocenters. The van der Waals surface area contributed by atoms with Crippen molar-refractivity contribution in [2.24, 2.45) is 0 Å². The second kappa shape index (κ2) is 7.99. The molecule has 0 spiro atoms. The second-order valence-corrected chi connectivity index (χ2v) is 7.47. The molecule has 1 fully saturated rings. The minimum absolute atomic E-state index is 0.106. The summed E-state index contributed by atoms with van der Waals surface area (Å²) in [7, 11) is 0. The van der Waals surface area contributed by atoms with E-state index in [1.54, 1.807) is 6.07 Å². The molecule has 20 heavy (non-hydrogen) atoms. The first kappa shape index (κ1) is 16.6. The van der Waals surface area contributed by atoms with Gasteiger partial charge in [0.05, 0.1) is 5.02 Å². The van der Waals surface area contributed by atoms with Gasteiger partial charge in [-0.2, -0.15) is 0 Å². The van der Waals surface area contributed by atoms with Crippen molar-refractivity contribution in [3.05, 3.63) is 32.4 Å². The quantitative estimate of drug-likeness (QED) is 0.442. The Morgan fingerprint density at radius 2 is 2.05 bits per heavy atom. The van der Waals surface area contributed by atoms with Gasteiger partial charge >= 0.3 is 0 Å². The standard InChI is InChI=1S/C15H18BrClINO/c16-8-9-19(12-4-2-1-3-5-12)15(20)11-6-7-14(18)13(17)10-11/h6-7,10,12H,1-5,8-9H2. The molecule has 1 aliphatic carbocycles. The first-order chi connectivity index (χ1) is 9.63. The zero-order valence-corrected chi connectivity index (χ0v) is 15.7. The van der Waals surface area contributed by atoms with Crippen molar-refractivity contribution in [3.63, 3.8) is 0 Å². The average Bonchev–Trinajstić information content (AvgIpc) is 2.48. The minimum atomic E-state index is 0.106. The SMILES string of the molecule is O=C(c1ccc(I)c(Cl)c1)N(CCBr)C1CCCCC1. The van der Waals surface area contributed by atoms with Gasteiger partial charge in [-0.1, -0.05) is 46.8 Å². The Morgan fingerprint density at radius 3 is 2.65 bits per heavy atom.